The van der Waals surface area contributed by atoms with Crippen molar-refractivity contribution in [2.45, 2.75) is 26.0 Å². The number of hydrogen-bond donors (Lipinski definition) is 1. The Labute approximate surface area is 117 Å². The molecule has 20 heavy (non-hydrogen) atoms. The lowest BCUT2D eigenvalue weighted by molar-refractivity contribution is -0.155. The number of hydrogen-bond acceptors (Lipinski definition) is 5. The van der Waals surface area contributed by atoms with Crippen LogP contribution in [0, 0.1) is 0 Å². The van der Waals surface area contributed by atoms with E-state index in [1.54, 1.807) is 13.8 Å². The molecule has 114 valence electrons. The van der Waals surface area contributed by atoms with Crippen LogP contribution in [0.2, 0.25) is 0 Å². The Morgan fingerprint density at radius 3 is 2.60 bits per heavy atom. The molecule has 1 saturated heterocycles. The Bertz CT molecular complexity index is 384. The molecule has 0 radical (unpaired) electrons. The molecule has 1 atom stereocenters. The maximum Gasteiger partial charge on any atom is 0.334 e. The van der Waals surface area contributed by atoms with Crippen LogP contribution in [0.4, 0.5) is 4.79 Å². The van der Waals surface area contributed by atoms with Crippen LogP contribution in [0.5, 0.6) is 0 Å². The molecule has 0 aromatic carbocycles. The molecule has 0 aliphatic carbocycles. The molecule has 0 saturated carbocycles. The van der Waals surface area contributed by atoms with Gasteiger partial charge in [-0.15, -0.1) is 0 Å². The van der Waals surface area contributed by atoms with Crippen molar-refractivity contribution in [1.82, 2.24) is 9.80 Å². The van der Waals surface area contributed by atoms with Crippen LogP contribution in [0.3, 0.4) is 0 Å². The van der Waals surface area contributed by atoms with Gasteiger partial charge in [0.1, 0.15) is 6.54 Å². The average molecular weight is 288 g/mol. The first-order chi connectivity index (χ1) is 9.36. The number of methoxy groups -OCH3 is 1. The van der Waals surface area contributed by atoms with Crippen molar-refractivity contribution in [3.8, 4) is 0 Å². The highest BCUT2D eigenvalue weighted by molar-refractivity contribution is 5.82. The highest BCUT2D eigenvalue weighted by Gasteiger charge is 2.32. The van der Waals surface area contributed by atoms with Crippen molar-refractivity contribution in [3.63, 3.8) is 0 Å². The number of carboxylic acid groups (broad SMARTS) is 1. The zero-order valence-corrected chi connectivity index (χ0v) is 11.9. The van der Waals surface area contributed by atoms with Gasteiger partial charge in [0, 0.05) is 12.6 Å². The molecule has 1 fully saturated rings. The molecule has 8 nitrogen and oxygen atoms in total. The van der Waals surface area contributed by atoms with Gasteiger partial charge >= 0.3 is 18.0 Å². The van der Waals surface area contributed by atoms with E-state index >= 15 is 0 Å². The summed E-state index contributed by atoms with van der Waals surface area (Å²) in [4.78, 5) is 37.3. The molecule has 1 rings (SSSR count). The SMILES string of the molecule is COC(=O)CN(C(=O)N1CCOC(C(=O)O)C1)C(C)C. The van der Waals surface area contributed by atoms with Gasteiger partial charge in [0.15, 0.2) is 6.10 Å². The van der Waals surface area contributed by atoms with Gasteiger partial charge in [-0.2, -0.15) is 0 Å². The Hall–Kier alpha value is -1.83. The van der Waals surface area contributed by atoms with Crippen LogP contribution >= 0.6 is 0 Å². The Balaban J connectivity index is 2.73. The molecule has 0 bridgehead atoms. The molecule has 0 spiro atoms. The number of nitrogens with zero attached hydrogens (tertiary/aromatic N) is 2. The normalized spacial score (nSPS) is 18.8. The van der Waals surface area contributed by atoms with Crippen molar-refractivity contribution < 1.29 is 29.0 Å². The summed E-state index contributed by atoms with van der Waals surface area (Å²) >= 11 is 0. The fraction of sp³-hybridized carbons (Fsp3) is 0.750. The lowest BCUT2D eigenvalue weighted by Crippen LogP contribution is -2.55. The van der Waals surface area contributed by atoms with Crippen LogP contribution in [-0.2, 0) is 19.1 Å². The van der Waals surface area contributed by atoms with Crippen molar-refractivity contribution in [3.05, 3.63) is 0 Å². The van der Waals surface area contributed by atoms with Crippen LogP contribution in [0.1, 0.15) is 13.8 Å². The number of morpholine rings is 1. The predicted molar refractivity (Wildman–Crippen MR) is 68.2 cm³/mol. The first-order valence-corrected chi connectivity index (χ1v) is 6.33. The molecular formula is C12H20N2O6. The second-order valence-corrected chi connectivity index (χ2v) is 4.72. The predicted octanol–water partition coefficient (Wildman–Crippen LogP) is -0.225. The number of amides is 2. The molecule has 8 heteroatoms. The third-order valence-electron chi connectivity index (χ3n) is 3.01. The summed E-state index contributed by atoms with van der Waals surface area (Å²) in [6, 6.07) is -0.590. The lowest BCUT2D eigenvalue weighted by atomic mass is 10.2. The highest BCUT2D eigenvalue weighted by atomic mass is 16.5. The summed E-state index contributed by atoms with van der Waals surface area (Å²) in [5, 5.41) is 8.92. The third-order valence-corrected chi connectivity index (χ3v) is 3.01. The van der Waals surface area contributed by atoms with Crippen LogP contribution in [0.15, 0.2) is 0 Å². The summed E-state index contributed by atoms with van der Waals surface area (Å²) in [5.41, 5.74) is 0. The Morgan fingerprint density at radius 2 is 2.10 bits per heavy atom. The fourth-order valence-corrected chi connectivity index (χ4v) is 1.83. The molecule has 0 aromatic heterocycles. The molecule has 1 aliphatic heterocycles. The Morgan fingerprint density at radius 1 is 1.45 bits per heavy atom. The average Bonchev–Trinajstić information content (AvgIpc) is 2.43. The quantitative estimate of drug-likeness (QED) is 0.718. The summed E-state index contributed by atoms with van der Waals surface area (Å²) in [6.07, 6.45) is -1.03. The number of ether oxygens (including phenoxy) is 2. The molecule has 1 N–H and O–H groups in total. The molecule has 1 unspecified atom stereocenters. The number of carbonyl (C=O) groups is 3. The van der Waals surface area contributed by atoms with Gasteiger partial charge < -0.3 is 24.4 Å². The van der Waals surface area contributed by atoms with E-state index in [-0.39, 0.29) is 31.8 Å². The molecule has 1 aliphatic rings. The number of aliphatic carboxylic acids is 1. The maximum atomic E-state index is 12.4. The number of carbonyl (C=O) groups excluding carboxylic acids is 2. The fourth-order valence-electron chi connectivity index (χ4n) is 1.83. The molecule has 0 aromatic rings. The first kappa shape index (κ1) is 16.2. The van der Waals surface area contributed by atoms with Gasteiger partial charge in [-0.05, 0) is 13.8 Å². The number of urea groups is 1. The van der Waals surface area contributed by atoms with E-state index in [0.29, 0.717) is 6.54 Å². The minimum absolute atomic E-state index is 0.0292. The van der Waals surface area contributed by atoms with E-state index in [1.807, 2.05) is 0 Å². The Kier molecular flexibility index (Phi) is 5.75. The number of esters is 1. The summed E-state index contributed by atoms with van der Waals surface area (Å²) in [5.74, 6) is -1.62. The van der Waals surface area contributed by atoms with Crippen LogP contribution in [-0.4, -0.2) is 78.4 Å². The molecule has 1 heterocycles. The highest BCUT2D eigenvalue weighted by Crippen LogP contribution is 2.11. The minimum Gasteiger partial charge on any atom is -0.479 e. The van der Waals surface area contributed by atoms with Crippen molar-refractivity contribution in [2.75, 3.05) is 33.4 Å². The van der Waals surface area contributed by atoms with Gasteiger partial charge in [0.05, 0.1) is 20.3 Å². The van der Waals surface area contributed by atoms with E-state index in [1.165, 1.54) is 16.9 Å². The molecule has 2 amide bonds. The van der Waals surface area contributed by atoms with Crippen molar-refractivity contribution in [2.24, 2.45) is 0 Å². The van der Waals surface area contributed by atoms with E-state index in [2.05, 4.69) is 4.74 Å². The van der Waals surface area contributed by atoms with E-state index in [4.69, 9.17) is 9.84 Å². The topological polar surface area (TPSA) is 96.4 Å². The monoisotopic (exact) mass is 288 g/mol. The zero-order valence-electron chi connectivity index (χ0n) is 11.9. The zero-order chi connectivity index (χ0) is 15.3. The van der Waals surface area contributed by atoms with Gasteiger partial charge in [0.25, 0.3) is 0 Å². The van der Waals surface area contributed by atoms with Crippen LogP contribution in [0.25, 0.3) is 0 Å². The van der Waals surface area contributed by atoms with E-state index in [9.17, 15) is 14.4 Å². The third kappa shape index (κ3) is 4.09. The largest absolute Gasteiger partial charge is 0.479 e. The minimum atomic E-state index is -1.11. The second-order valence-electron chi connectivity index (χ2n) is 4.72. The van der Waals surface area contributed by atoms with E-state index in [0.717, 1.165) is 0 Å². The van der Waals surface area contributed by atoms with Gasteiger partial charge in [-0.3, -0.25) is 4.79 Å². The number of carboxylic acids is 1. The summed E-state index contributed by atoms with van der Waals surface area (Å²) in [6.45, 7) is 3.81. The van der Waals surface area contributed by atoms with Gasteiger partial charge in [-0.25, -0.2) is 9.59 Å². The lowest BCUT2D eigenvalue weighted by Gasteiger charge is -2.36. The van der Waals surface area contributed by atoms with Crippen LogP contribution < -0.4 is 0 Å². The maximum absolute atomic E-state index is 12.4. The summed E-state index contributed by atoms with van der Waals surface area (Å²) in [7, 11) is 1.25. The standard InChI is InChI=1S/C12H20N2O6/c1-8(2)14(7-10(15)19-3)12(18)13-4-5-20-9(6-13)11(16)17/h8-9H,4-7H2,1-3H3,(H,16,17). The van der Waals surface area contributed by atoms with Gasteiger partial charge in [0.2, 0.25) is 0 Å². The second kappa shape index (κ2) is 7.09. The summed E-state index contributed by atoms with van der Waals surface area (Å²) < 4.78 is 9.62. The number of rotatable bonds is 4. The first-order valence-electron chi connectivity index (χ1n) is 6.33. The van der Waals surface area contributed by atoms with E-state index < -0.39 is 18.0 Å². The van der Waals surface area contributed by atoms with Crippen molar-refractivity contribution >= 4 is 18.0 Å². The van der Waals surface area contributed by atoms with Gasteiger partial charge in [-0.1, -0.05) is 0 Å². The smallest absolute Gasteiger partial charge is 0.334 e. The van der Waals surface area contributed by atoms with Crippen molar-refractivity contribution in [1.29, 1.82) is 0 Å². The molecular weight excluding hydrogens is 268 g/mol.